The number of piperidine rings is 1. The lowest BCUT2D eigenvalue weighted by Crippen LogP contribution is -2.40. The standard InChI is InChI=1S/C22H23ClN2O7S/c23-16-1-4-18(5-2-16)33(28,29)25-9-7-15(8-10-25)22(27)32-14-21(26)24-17-3-6-19-20(13-17)31-12-11-30-19/h1-6,13,15H,7-12,14H2,(H,24,26). The van der Waals surface area contributed by atoms with Crippen molar-refractivity contribution in [2.24, 2.45) is 5.92 Å². The maximum absolute atomic E-state index is 12.8. The number of carbonyl (C=O) groups is 2. The molecule has 4 rings (SSSR count). The lowest BCUT2D eigenvalue weighted by atomic mass is 9.98. The van der Waals surface area contributed by atoms with Crippen molar-refractivity contribution < 1.29 is 32.2 Å². The highest BCUT2D eigenvalue weighted by atomic mass is 35.5. The molecule has 2 aliphatic rings. The average molecular weight is 495 g/mol. The number of hydrogen-bond donors (Lipinski definition) is 1. The third-order valence-electron chi connectivity index (χ3n) is 5.41. The van der Waals surface area contributed by atoms with Gasteiger partial charge in [0.25, 0.3) is 5.91 Å². The summed E-state index contributed by atoms with van der Waals surface area (Å²) in [4.78, 5) is 24.7. The summed E-state index contributed by atoms with van der Waals surface area (Å²) >= 11 is 5.83. The molecule has 1 fully saturated rings. The van der Waals surface area contributed by atoms with Crippen LogP contribution in [-0.4, -0.2) is 57.5 Å². The van der Waals surface area contributed by atoms with Crippen LogP contribution in [0.1, 0.15) is 12.8 Å². The molecule has 1 saturated heterocycles. The lowest BCUT2D eigenvalue weighted by Gasteiger charge is -2.30. The van der Waals surface area contributed by atoms with Crippen molar-refractivity contribution in [1.82, 2.24) is 4.31 Å². The van der Waals surface area contributed by atoms with Gasteiger partial charge in [0.1, 0.15) is 13.2 Å². The van der Waals surface area contributed by atoms with Gasteiger partial charge in [-0.3, -0.25) is 9.59 Å². The predicted octanol–water partition coefficient (Wildman–Crippen LogP) is 2.69. The van der Waals surface area contributed by atoms with Crippen molar-refractivity contribution in [1.29, 1.82) is 0 Å². The normalized spacial score (nSPS) is 16.8. The second-order valence-electron chi connectivity index (χ2n) is 7.65. The van der Waals surface area contributed by atoms with Crippen LogP contribution in [0.2, 0.25) is 5.02 Å². The number of benzene rings is 2. The number of nitrogens with one attached hydrogen (secondary N) is 1. The summed E-state index contributed by atoms with van der Waals surface area (Å²) in [7, 11) is -3.66. The molecule has 11 heteroatoms. The van der Waals surface area contributed by atoms with Gasteiger partial charge in [-0.15, -0.1) is 0 Å². The molecule has 0 atom stereocenters. The second-order valence-corrected chi connectivity index (χ2v) is 10.0. The molecular formula is C22H23ClN2O7S. The van der Waals surface area contributed by atoms with Crippen molar-refractivity contribution in [2.75, 3.05) is 38.2 Å². The van der Waals surface area contributed by atoms with Crippen molar-refractivity contribution in [2.45, 2.75) is 17.7 Å². The third kappa shape index (κ3) is 5.58. The Bertz CT molecular complexity index is 1130. The zero-order valence-corrected chi connectivity index (χ0v) is 19.2. The summed E-state index contributed by atoms with van der Waals surface area (Å²) in [5.74, 6) is -0.325. The van der Waals surface area contributed by atoms with Gasteiger partial charge in [-0.1, -0.05) is 11.6 Å². The number of fused-ring (bicyclic) bond motifs is 1. The zero-order chi connectivity index (χ0) is 23.4. The molecule has 0 aliphatic carbocycles. The Balaban J connectivity index is 1.24. The first-order valence-electron chi connectivity index (χ1n) is 10.4. The predicted molar refractivity (Wildman–Crippen MR) is 120 cm³/mol. The van der Waals surface area contributed by atoms with Crippen LogP contribution >= 0.6 is 11.6 Å². The summed E-state index contributed by atoms with van der Waals surface area (Å²) in [6.45, 7) is 0.848. The molecule has 2 aromatic carbocycles. The maximum Gasteiger partial charge on any atom is 0.309 e. The molecule has 176 valence electrons. The number of halogens is 1. The van der Waals surface area contributed by atoms with Gasteiger partial charge in [0.15, 0.2) is 18.1 Å². The first-order valence-corrected chi connectivity index (χ1v) is 12.3. The minimum atomic E-state index is -3.66. The van der Waals surface area contributed by atoms with E-state index >= 15 is 0 Å². The number of esters is 1. The van der Waals surface area contributed by atoms with E-state index in [4.69, 9.17) is 25.8 Å². The van der Waals surface area contributed by atoms with E-state index in [2.05, 4.69) is 5.32 Å². The number of ether oxygens (including phenoxy) is 3. The van der Waals surface area contributed by atoms with E-state index in [1.807, 2.05) is 0 Å². The summed E-state index contributed by atoms with van der Waals surface area (Å²) < 4.78 is 42.9. The topological polar surface area (TPSA) is 111 Å². The molecule has 0 saturated carbocycles. The molecule has 2 aliphatic heterocycles. The summed E-state index contributed by atoms with van der Waals surface area (Å²) in [5, 5.41) is 3.10. The van der Waals surface area contributed by atoms with E-state index in [9.17, 15) is 18.0 Å². The number of sulfonamides is 1. The minimum Gasteiger partial charge on any atom is -0.486 e. The summed E-state index contributed by atoms with van der Waals surface area (Å²) in [6.07, 6.45) is 0.630. The van der Waals surface area contributed by atoms with Gasteiger partial charge in [0.05, 0.1) is 10.8 Å². The highest BCUT2D eigenvalue weighted by Gasteiger charge is 2.33. The molecule has 33 heavy (non-hydrogen) atoms. The van der Waals surface area contributed by atoms with Crippen molar-refractivity contribution >= 4 is 39.2 Å². The zero-order valence-electron chi connectivity index (χ0n) is 17.7. The monoisotopic (exact) mass is 494 g/mol. The fourth-order valence-electron chi connectivity index (χ4n) is 3.66. The van der Waals surface area contributed by atoms with Gasteiger partial charge >= 0.3 is 5.97 Å². The molecule has 9 nitrogen and oxygen atoms in total. The lowest BCUT2D eigenvalue weighted by molar-refractivity contribution is -0.152. The van der Waals surface area contributed by atoms with Crippen molar-refractivity contribution in [3.8, 4) is 11.5 Å². The Morgan fingerprint density at radius 1 is 1.03 bits per heavy atom. The van der Waals surface area contributed by atoms with Crippen LogP contribution in [0.4, 0.5) is 5.69 Å². The Kier molecular flexibility index (Phi) is 7.06. The molecule has 2 heterocycles. The molecule has 0 spiro atoms. The van der Waals surface area contributed by atoms with E-state index < -0.39 is 34.4 Å². The number of amides is 1. The maximum atomic E-state index is 12.8. The van der Waals surface area contributed by atoms with Crippen LogP contribution in [0.5, 0.6) is 11.5 Å². The van der Waals surface area contributed by atoms with Crippen LogP contribution < -0.4 is 14.8 Å². The quantitative estimate of drug-likeness (QED) is 0.614. The summed E-state index contributed by atoms with van der Waals surface area (Å²) in [5.41, 5.74) is 0.501. The van der Waals surface area contributed by atoms with E-state index in [1.165, 1.54) is 28.6 Å². The average Bonchev–Trinajstić information content (AvgIpc) is 2.83. The number of carbonyl (C=O) groups excluding carboxylic acids is 2. The van der Waals surface area contributed by atoms with Gasteiger partial charge in [0, 0.05) is 29.9 Å². The summed E-state index contributed by atoms with van der Waals surface area (Å²) in [6, 6.07) is 11.0. The third-order valence-corrected chi connectivity index (χ3v) is 7.57. The first kappa shape index (κ1) is 23.3. The number of hydrogen-bond acceptors (Lipinski definition) is 7. The number of nitrogens with zero attached hydrogens (tertiary/aromatic N) is 1. The van der Waals surface area contributed by atoms with Gasteiger partial charge in [-0.2, -0.15) is 4.31 Å². The van der Waals surface area contributed by atoms with Crippen molar-refractivity contribution in [3.05, 3.63) is 47.5 Å². The van der Waals surface area contributed by atoms with Crippen LogP contribution in [0.25, 0.3) is 0 Å². The highest BCUT2D eigenvalue weighted by molar-refractivity contribution is 7.89. The second kappa shape index (κ2) is 9.98. The van der Waals surface area contributed by atoms with E-state index in [1.54, 1.807) is 18.2 Å². The van der Waals surface area contributed by atoms with E-state index in [-0.39, 0.29) is 18.0 Å². The molecule has 0 bridgehead atoms. The van der Waals surface area contributed by atoms with Crippen LogP contribution in [0, 0.1) is 5.92 Å². The molecule has 0 aromatic heterocycles. The van der Waals surface area contributed by atoms with Crippen LogP contribution in [0.3, 0.4) is 0 Å². The largest absolute Gasteiger partial charge is 0.486 e. The van der Waals surface area contributed by atoms with Crippen LogP contribution in [0.15, 0.2) is 47.4 Å². The van der Waals surface area contributed by atoms with Gasteiger partial charge in [0.2, 0.25) is 10.0 Å². The molecule has 0 unspecified atom stereocenters. The Hall–Kier alpha value is -2.82. The Morgan fingerprint density at radius 3 is 2.39 bits per heavy atom. The molecular weight excluding hydrogens is 472 g/mol. The minimum absolute atomic E-state index is 0.156. The SMILES string of the molecule is O=C(COC(=O)C1CCN(S(=O)(=O)c2ccc(Cl)cc2)CC1)Nc1ccc2c(c1)OCCO2. The fourth-order valence-corrected chi connectivity index (χ4v) is 5.26. The Morgan fingerprint density at radius 2 is 1.70 bits per heavy atom. The number of rotatable bonds is 6. The van der Waals surface area contributed by atoms with Crippen LogP contribution in [-0.2, 0) is 24.3 Å². The van der Waals surface area contributed by atoms with Gasteiger partial charge in [-0.05, 0) is 49.2 Å². The van der Waals surface area contributed by atoms with E-state index in [0.717, 1.165) is 0 Å². The smallest absolute Gasteiger partial charge is 0.309 e. The van der Waals surface area contributed by atoms with Gasteiger partial charge in [-0.25, -0.2) is 8.42 Å². The molecule has 1 N–H and O–H groups in total. The fraction of sp³-hybridized carbons (Fsp3) is 0.364. The highest BCUT2D eigenvalue weighted by Crippen LogP contribution is 2.32. The Labute approximate surface area is 196 Å². The molecule has 2 aromatic rings. The van der Waals surface area contributed by atoms with Gasteiger partial charge < -0.3 is 19.5 Å². The molecule has 0 radical (unpaired) electrons. The van der Waals surface area contributed by atoms with Crippen molar-refractivity contribution in [3.63, 3.8) is 0 Å². The first-order chi connectivity index (χ1) is 15.8. The van der Waals surface area contributed by atoms with E-state index in [0.29, 0.717) is 48.3 Å². The molecule has 1 amide bonds. The number of anilines is 1.